The Hall–Kier alpha value is -0.790. The zero-order valence-electron chi connectivity index (χ0n) is 24.0. The van der Waals surface area contributed by atoms with Crippen LogP contribution in [-0.2, 0) is 0 Å². The van der Waals surface area contributed by atoms with Crippen LogP contribution in [0.1, 0.15) is 193 Å². The normalized spacial score (nSPS) is 13.4. The molecule has 1 rings (SSSR count). The number of hydrogen-bond acceptors (Lipinski definition) is 0. The van der Waals surface area contributed by atoms with E-state index in [1.54, 1.807) is 0 Å². The summed E-state index contributed by atoms with van der Waals surface area (Å²) in [7, 11) is 0. The second kappa shape index (κ2) is 22.7. The first-order valence-corrected chi connectivity index (χ1v) is 15.8. The van der Waals surface area contributed by atoms with E-state index in [-0.39, 0.29) is 0 Å². The maximum atomic E-state index is 3.70. The summed E-state index contributed by atoms with van der Waals surface area (Å²) in [5.74, 6) is 2.24. The molecule has 0 aliphatic heterocycles. The smallest absolute Gasteiger partial charge is 0.247 e. The predicted octanol–water partition coefficient (Wildman–Crippen LogP) is 11.0. The van der Waals surface area contributed by atoms with Crippen molar-refractivity contribution < 1.29 is 4.57 Å². The lowest BCUT2D eigenvalue weighted by molar-refractivity contribution is -0.727. The molecule has 1 heterocycles. The maximum Gasteiger partial charge on any atom is 0.257 e. The van der Waals surface area contributed by atoms with Crippen LogP contribution in [0.4, 0.5) is 0 Å². The van der Waals surface area contributed by atoms with E-state index < -0.39 is 0 Å². The summed E-state index contributed by atoms with van der Waals surface area (Å²) in [6, 6.07) is 0.623. The number of aromatic amines is 1. The first-order valence-electron chi connectivity index (χ1n) is 15.8. The van der Waals surface area contributed by atoms with Gasteiger partial charge in [-0.05, 0) is 32.6 Å². The van der Waals surface area contributed by atoms with Crippen molar-refractivity contribution in [2.24, 2.45) is 0 Å². The summed E-state index contributed by atoms with van der Waals surface area (Å²) >= 11 is 0. The minimum Gasteiger partial charge on any atom is -0.247 e. The highest BCUT2D eigenvalue weighted by atomic mass is 15.1. The lowest BCUT2D eigenvalue weighted by Crippen LogP contribution is -2.41. The molecule has 2 nitrogen and oxygen atoms in total. The minimum atomic E-state index is 0.623. The van der Waals surface area contributed by atoms with Crippen LogP contribution in [-0.4, -0.2) is 4.98 Å². The third-order valence-corrected chi connectivity index (χ3v) is 7.89. The van der Waals surface area contributed by atoms with Gasteiger partial charge in [-0.15, -0.1) is 0 Å². The van der Waals surface area contributed by atoms with E-state index in [9.17, 15) is 0 Å². The molecule has 1 N–H and O–H groups in total. The molecule has 0 fully saturated rings. The molecule has 0 aliphatic carbocycles. The van der Waals surface area contributed by atoms with Crippen LogP contribution in [0.2, 0.25) is 0 Å². The number of rotatable bonds is 25. The van der Waals surface area contributed by atoms with E-state index in [0.717, 1.165) is 0 Å². The monoisotopic (exact) mass is 475 g/mol. The highest BCUT2D eigenvalue weighted by molar-refractivity contribution is 4.90. The zero-order valence-corrected chi connectivity index (χ0v) is 24.0. The van der Waals surface area contributed by atoms with Gasteiger partial charge in [0.1, 0.15) is 12.4 Å². The van der Waals surface area contributed by atoms with Gasteiger partial charge in [-0.3, -0.25) is 0 Å². The standard InChI is InChI=1S/C32H62N2/c1-5-8-11-14-16-17-18-20-22-25-30(4)34-29-28-33-32(34)31(26-23-19-13-10-7-3)27-24-21-15-12-9-6-2/h28-31H,5-27H2,1-4H3/p+1. The lowest BCUT2D eigenvalue weighted by Gasteiger charge is -2.17. The fourth-order valence-corrected chi connectivity index (χ4v) is 5.54. The summed E-state index contributed by atoms with van der Waals surface area (Å²) in [6.07, 6.45) is 36.8. The lowest BCUT2D eigenvalue weighted by atomic mass is 9.93. The second-order valence-electron chi connectivity index (χ2n) is 11.2. The molecule has 0 bridgehead atoms. The number of nitrogens with one attached hydrogen (secondary N) is 1. The molecule has 0 amide bonds. The van der Waals surface area contributed by atoms with Gasteiger partial charge in [-0.25, -0.2) is 9.55 Å². The van der Waals surface area contributed by atoms with E-state index in [4.69, 9.17) is 0 Å². The van der Waals surface area contributed by atoms with Crippen LogP contribution in [0.5, 0.6) is 0 Å². The Bertz CT molecular complexity index is 535. The third-order valence-electron chi connectivity index (χ3n) is 7.89. The molecular formula is C32H63N2+. The van der Waals surface area contributed by atoms with Crippen molar-refractivity contribution in [3.05, 3.63) is 18.2 Å². The summed E-state index contributed by atoms with van der Waals surface area (Å²) < 4.78 is 2.61. The quantitative estimate of drug-likeness (QED) is 0.107. The number of hydrogen-bond donors (Lipinski definition) is 1. The topological polar surface area (TPSA) is 19.7 Å². The van der Waals surface area contributed by atoms with Crippen molar-refractivity contribution in [1.82, 2.24) is 4.98 Å². The average molecular weight is 476 g/mol. The van der Waals surface area contributed by atoms with Gasteiger partial charge >= 0.3 is 0 Å². The molecule has 34 heavy (non-hydrogen) atoms. The number of H-pyrrole nitrogens is 1. The van der Waals surface area contributed by atoms with Crippen LogP contribution in [0, 0.1) is 0 Å². The Balaban J connectivity index is 2.46. The van der Waals surface area contributed by atoms with Crippen LogP contribution in [0.3, 0.4) is 0 Å². The van der Waals surface area contributed by atoms with E-state index in [0.29, 0.717) is 12.0 Å². The summed E-state index contributed by atoms with van der Waals surface area (Å²) in [6.45, 7) is 9.39. The molecule has 1 aromatic heterocycles. The van der Waals surface area contributed by atoms with Crippen molar-refractivity contribution in [2.75, 3.05) is 0 Å². The maximum absolute atomic E-state index is 3.70. The zero-order chi connectivity index (χ0) is 24.7. The van der Waals surface area contributed by atoms with Crippen LogP contribution in [0.15, 0.2) is 12.4 Å². The predicted molar refractivity (Wildman–Crippen MR) is 152 cm³/mol. The van der Waals surface area contributed by atoms with Gasteiger partial charge in [-0.1, -0.05) is 143 Å². The number of nitrogens with zero attached hydrogens (tertiary/aromatic N) is 1. The summed E-state index contributed by atoms with van der Waals surface area (Å²) in [5.41, 5.74) is 0. The Morgan fingerprint density at radius 1 is 0.559 bits per heavy atom. The van der Waals surface area contributed by atoms with Gasteiger partial charge in [0.2, 0.25) is 0 Å². The molecule has 0 radical (unpaired) electrons. The molecule has 2 heteroatoms. The average Bonchev–Trinajstić information content (AvgIpc) is 3.33. The highest BCUT2D eigenvalue weighted by Crippen LogP contribution is 2.27. The molecular weight excluding hydrogens is 412 g/mol. The fourth-order valence-electron chi connectivity index (χ4n) is 5.54. The molecule has 2 unspecified atom stereocenters. The summed E-state index contributed by atoms with van der Waals surface area (Å²) in [4.78, 5) is 3.70. The molecule has 200 valence electrons. The molecule has 0 saturated heterocycles. The Kier molecular flexibility index (Phi) is 20.8. The third kappa shape index (κ3) is 15.3. The Morgan fingerprint density at radius 2 is 0.941 bits per heavy atom. The number of imidazole rings is 1. The van der Waals surface area contributed by atoms with Gasteiger partial charge < -0.3 is 0 Å². The number of aromatic nitrogens is 2. The van der Waals surface area contributed by atoms with Crippen LogP contribution in [0.25, 0.3) is 0 Å². The first-order chi connectivity index (χ1) is 16.7. The SMILES string of the molecule is CCCCCCCCCCCC(C)[n+]1cc[nH]c1C(CCCCCCC)CCCCCCCC. The van der Waals surface area contributed by atoms with Gasteiger partial charge in [-0.2, -0.15) is 0 Å². The Labute approximate surface area is 215 Å². The van der Waals surface area contributed by atoms with Crippen molar-refractivity contribution in [3.63, 3.8) is 0 Å². The highest BCUT2D eigenvalue weighted by Gasteiger charge is 2.25. The largest absolute Gasteiger partial charge is 0.257 e. The van der Waals surface area contributed by atoms with Gasteiger partial charge in [0.25, 0.3) is 5.82 Å². The summed E-state index contributed by atoms with van der Waals surface area (Å²) in [5, 5.41) is 0. The molecule has 0 spiro atoms. The van der Waals surface area contributed by atoms with Crippen molar-refractivity contribution in [3.8, 4) is 0 Å². The molecule has 2 atom stereocenters. The van der Waals surface area contributed by atoms with Crippen molar-refractivity contribution >= 4 is 0 Å². The molecule has 0 aliphatic rings. The van der Waals surface area contributed by atoms with Gasteiger partial charge in [0.05, 0.1) is 12.0 Å². The first kappa shape index (κ1) is 31.2. The van der Waals surface area contributed by atoms with Crippen molar-refractivity contribution in [1.29, 1.82) is 0 Å². The van der Waals surface area contributed by atoms with E-state index >= 15 is 0 Å². The molecule has 0 aromatic carbocycles. The Morgan fingerprint density at radius 3 is 1.38 bits per heavy atom. The second-order valence-corrected chi connectivity index (χ2v) is 11.2. The van der Waals surface area contributed by atoms with Crippen LogP contribution >= 0.6 is 0 Å². The van der Waals surface area contributed by atoms with E-state index in [2.05, 4.69) is 49.6 Å². The number of unbranched alkanes of at least 4 members (excludes halogenated alkanes) is 17. The van der Waals surface area contributed by atoms with E-state index in [1.165, 1.54) is 154 Å². The van der Waals surface area contributed by atoms with Gasteiger partial charge in [0, 0.05) is 0 Å². The molecule has 0 saturated carbocycles. The fraction of sp³-hybridized carbons (Fsp3) is 0.906. The molecule has 1 aromatic rings. The minimum absolute atomic E-state index is 0.623. The van der Waals surface area contributed by atoms with Crippen LogP contribution < -0.4 is 4.57 Å². The van der Waals surface area contributed by atoms with Gasteiger partial charge in [0.15, 0.2) is 0 Å². The van der Waals surface area contributed by atoms with Crippen molar-refractivity contribution in [2.45, 2.75) is 187 Å². The van der Waals surface area contributed by atoms with E-state index in [1.807, 2.05) is 0 Å².